The quantitative estimate of drug-likeness (QED) is 0.784. The van der Waals surface area contributed by atoms with Crippen LogP contribution in [0.2, 0.25) is 0 Å². The molecule has 0 aliphatic carbocycles. The van der Waals surface area contributed by atoms with Gasteiger partial charge in [-0.3, -0.25) is 4.79 Å². The van der Waals surface area contributed by atoms with E-state index in [1.165, 1.54) is 11.3 Å². The van der Waals surface area contributed by atoms with Crippen LogP contribution in [0.3, 0.4) is 0 Å². The number of aromatic hydroxyl groups is 1. The van der Waals surface area contributed by atoms with Crippen LogP contribution in [0.4, 0.5) is 0 Å². The van der Waals surface area contributed by atoms with Crippen molar-refractivity contribution in [1.82, 2.24) is 5.01 Å². The molecule has 0 bridgehead atoms. The molecule has 1 atom stereocenters. The van der Waals surface area contributed by atoms with E-state index in [0.717, 1.165) is 10.6 Å². The van der Waals surface area contributed by atoms with Crippen molar-refractivity contribution in [3.05, 3.63) is 76.4 Å². The topological polar surface area (TPSA) is 66.0 Å². The Morgan fingerprint density at radius 2 is 2.08 bits per heavy atom. The summed E-state index contributed by atoms with van der Waals surface area (Å²) in [5, 5.41) is 18.1. The molecular formula is C18H14N2O3S. The maximum absolute atomic E-state index is 12.8. The van der Waals surface area contributed by atoms with Crippen LogP contribution in [0.5, 0.6) is 5.75 Å². The maximum Gasteiger partial charge on any atom is 0.310 e. The van der Waals surface area contributed by atoms with E-state index in [1.807, 2.05) is 29.6 Å². The Balaban J connectivity index is 1.75. The summed E-state index contributed by atoms with van der Waals surface area (Å²) in [6.07, 6.45) is 2.01. The Bertz CT molecular complexity index is 885. The molecule has 6 heteroatoms. The normalized spacial score (nSPS) is 17.1. The van der Waals surface area contributed by atoms with E-state index in [-0.39, 0.29) is 23.5 Å². The average Bonchev–Trinajstić information content (AvgIpc) is 3.34. The number of carbonyl (C=O) groups is 1. The summed E-state index contributed by atoms with van der Waals surface area (Å²) in [6, 6.07) is 13.9. The zero-order valence-electron chi connectivity index (χ0n) is 12.6. The number of phenols is 1. The molecule has 24 heavy (non-hydrogen) atoms. The van der Waals surface area contributed by atoms with E-state index in [4.69, 9.17) is 4.42 Å². The van der Waals surface area contributed by atoms with Crippen molar-refractivity contribution in [2.24, 2.45) is 5.10 Å². The predicted octanol–water partition coefficient (Wildman–Crippen LogP) is 4.04. The second-order valence-electron chi connectivity index (χ2n) is 5.43. The molecule has 4 rings (SSSR count). The first-order chi connectivity index (χ1) is 11.7. The molecular weight excluding hydrogens is 324 g/mol. The van der Waals surface area contributed by atoms with Gasteiger partial charge in [0, 0.05) is 12.0 Å². The molecule has 1 aliphatic rings. The number of hydrogen-bond acceptors (Lipinski definition) is 5. The van der Waals surface area contributed by atoms with E-state index in [9.17, 15) is 9.90 Å². The van der Waals surface area contributed by atoms with Crippen LogP contribution in [-0.4, -0.2) is 21.7 Å². The first kappa shape index (κ1) is 14.7. The summed E-state index contributed by atoms with van der Waals surface area (Å²) in [7, 11) is 0. The smallest absolute Gasteiger partial charge is 0.310 e. The minimum absolute atomic E-state index is 0.155. The number of rotatable bonds is 3. The largest absolute Gasteiger partial charge is 0.508 e. The average molecular weight is 338 g/mol. The molecule has 1 aromatic carbocycles. The zero-order chi connectivity index (χ0) is 16.5. The zero-order valence-corrected chi connectivity index (χ0v) is 13.4. The molecule has 2 aromatic heterocycles. The van der Waals surface area contributed by atoms with Gasteiger partial charge in [0.1, 0.15) is 5.75 Å². The van der Waals surface area contributed by atoms with Crippen molar-refractivity contribution in [3.8, 4) is 5.75 Å². The van der Waals surface area contributed by atoms with Crippen LogP contribution < -0.4 is 0 Å². The van der Waals surface area contributed by atoms with Crippen LogP contribution >= 0.6 is 11.3 Å². The second kappa shape index (κ2) is 5.98. The summed E-state index contributed by atoms with van der Waals surface area (Å²) >= 11 is 1.58. The lowest BCUT2D eigenvalue weighted by molar-refractivity contribution is 0.0677. The van der Waals surface area contributed by atoms with E-state index < -0.39 is 0 Å². The van der Waals surface area contributed by atoms with Crippen LogP contribution in [0, 0.1) is 0 Å². The molecule has 5 nitrogen and oxygen atoms in total. The van der Waals surface area contributed by atoms with Gasteiger partial charge in [0.2, 0.25) is 0 Å². The Hall–Kier alpha value is -2.86. The number of furan rings is 1. The van der Waals surface area contributed by atoms with Gasteiger partial charge in [-0.15, -0.1) is 11.3 Å². The highest BCUT2D eigenvalue weighted by Gasteiger charge is 2.36. The Labute approximate surface area is 142 Å². The van der Waals surface area contributed by atoms with Gasteiger partial charge in [-0.25, -0.2) is 5.01 Å². The highest BCUT2D eigenvalue weighted by atomic mass is 32.1. The molecule has 0 radical (unpaired) electrons. The van der Waals surface area contributed by atoms with Gasteiger partial charge in [0.15, 0.2) is 5.76 Å². The van der Waals surface area contributed by atoms with Gasteiger partial charge < -0.3 is 9.52 Å². The first-order valence-electron chi connectivity index (χ1n) is 7.50. The standard InChI is InChI=1S/C18H14N2O3S/c21-15-6-2-1-5-12(15)14-11-13(17-8-4-10-24-17)19-20(14)18(22)16-7-3-9-23-16/h1-10,14,21H,11H2/t14-/m0/s1. The van der Waals surface area contributed by atoms with Crippen molar-refractivity contribution in [2.45, 2.75) is 12.5 Å². The monoisotopic (exact) mass is 338 g/mol. The van der Waals surface area contributed by atoms with E-state index in [0.29, 0.717) is 12.0 Å². The Morgan fingerprint density at radius 3 is 2.79 bits per heavy atom. The number of hydrogen-bond donors (Lipinski definition) is 1. The summed E-state index contributed by atoms with van der Waals surface area (Å²) < 4.78 is 5.23. The molecule has 0 fully saturated rings. The third-order valence-electron chi connectivity index (χ3n) is 3.95. The van der Waals surface area contributed by atoms with Crippen LogP contribution in [0.1, 0.15) is 33.5 Å². The second-order valence-corrected chi connectivity index (χ2v) is 6.38. The van der Waals surface area contributed by atoms with Crippen molar-refractivity contribution in [2.75, 3.05) is 0 Å². The van der Waals surface area contributed by atoms with Gasteiger partial charge in [-0.2, -0.15) is 5.10 Å². The summed E-state index contributed by atoms with van der Waals surface area (Å²) in [4.78, 5) is 13.8. The van der Waals surface area contributed by atoms with Crippen molar-refractivity contribution >= 4 is 23.0 Å². The van der Waals surface area contributed by atoms with E-state index in [2.05, 4.69) is 5.10 Å². The number of thiophene rings is 1. The van der Waals surface area contributed by atoms with Gasteiger partial charge in [0.25, 0.3) is 0 Å². The van der Waals surface area contributed by atoms with Crippen LogP contribution in [0.15, 0.2) is 69.7 Å². The minimum atomic E-state index is -0.360. The fourth-order valence-corrected chi connectivity index (χ4v) is 3.53. The number of phenolic OH excluding ortho intramolecular Hbond substituents is 1. The third-order valence-corrected chi connectivity index (χ3v) is 4.87. The first-order valence-corrected chi connectivity index (χ1v) is 8.38. The lowest BCUT2D eigenvalue weighted by Gasteiger charge is -2.21. The molecule has 120 valence electrons. The highest BCUT2D eigenvalue weighted by Crippen LogP contribution is 2.38. The number of hydrazone groups is 1. The molecule has 1 amide bonds. The van der Waals surface area contributed by atoms with Gasteiger partial charge in [-0.05, 0) is 29.6 Å². The fourth-order valence-electron chi connectivity index (χ4n) is 2.81. The molecule has 0 saturated heterocycles. The third kappa shape index (κ3) is 2.51. The Kier molecular flexibility index (Phi) is 3.66. The van der Waals surface area contributed by atoms with Gasteiger partial charge in [0.05, 0.1) is 22.9 Å². The van der Waals surface area contributed by atoms with Gasteiger partial charge >= 0.3 is 5.91 Å². The minimum Gasteiger partial charge on any atom is -0.508 e. The predicted molar refractivity (Wildman–Crippen MR) is 91.2 cm³/mol. The number of benzene rings is 1. The summed E-state index contributed by atoms with van der Waals surface area (Å²) in [6.45, 7) is 0. The summed E-state index contributed by atoms with van der Waals surface area (Å²) in [5.41, 5.74) is 1.51. The molecule has 1 N–H and O–H groups in total. The lowest BCUT2D eigenvalue weighted by atomic mass is 10.00. The maximum atomic E-state index is 12.8. The number of amides is 1. The number of nitrogens with zero attached hydrogens (tertiary/aromatic N) is 2. The lowest BCUT2D eigenvalue weighted by Crippen LogP contribution is -2.26. The molecule has 0 saturated carbocycles. The fraction of sp³-hybridized carbons (Fsp3) is 0.111. The van der Waals surface area contributed by atoms with Crippen LogP contribution in [-0.2, 0) is 0 Å². The van der Waals surface area contributed by atoms with Crippen molar-refractivity contribution in [3.63, 3.8) is 0 Å². The molecule has 1 aliphatic heterocycles. The number of para-hydroxylation sites is 1. The summed E-state index contributed by atoms with van der Waals surface area (Å²) in [5.74, 6) is 0.0637. The SMILES string of the molecule is O=C(c1ccco1)N1N=C(c2cccs2)C[C@H]1c1ccccc1O. The van der Waals surface area contributed by atoms with E-state index in [1.54, 1.807) is 35.6 Å². The highest BCUT2D eigenvalue weighted by molar-refractivity contribution is 7.12. The molecule has 0 unspecified atom stereocenters. The molecule has 0 spiro atoms. The van der Waals surface area contributed by atoms with Crippen molar-refractivity contribution < 1.29 is 14.3 Å². The number of carbonyl (C=O) groups excluding carboxylic acids is 1. The Morgan fingerprint density at radius 1 is 1.21 bits per heavy atom. The molecule has 3 heterocycles. The molecule has 3 aromatic rings. The van der Waals surface area contributed by atoms with Gasteiger partial charge in [-0.1, -0.05) is 24.3 Å². The van der Waals surface area contributed by atoms with Crippen molar-refractivity contribution in [1.29, 1.82) is 0 Å². The van der Waals surface area contributed by atoms with E-state index >= 15 is 0 Å². The van der Waals surface area contributed by atoms with Crippen LogP contribution in [0.25, 0.3) is 0 Å².